The number of aryl methyl sites for hydroxylation is 1. The Kier molecular flexibility index (Phi) is 3.79. The first-order valence-electron chi connectivity index (χ1n) is 5.91. The summed E-state index contributed by atoms with van der Waals surface area (Å²) in [6.45, 7) is 2.24. The molecule has 0 fully saturated rings. The summed E-state index contributed by atoms with van der Waals surface area (Å²) in [6, 6.07) is 5.29. The van der Waals surface area contributed by atoms with Crippen LogP contribution in [-0.2, 0) is 17.8 Å². The van der Waals surface area contributed by atoms with Crippen LogP contribution in [0.15, 0.2) is 28.9 Å². The average molecular weight is 260 g/mol. The summed E-state index contributed by atoms with van der Waals surface area (Å²) in [5.74, 6) is 0.703. The normalized spacial score (nSPS) is 10.4. The Labute approximate surface area is 111 Å². The largest absolute Gasteiger partial charge is 0.397 e. The molecule has 0 unspecified atom stereocenters. The number of likely N-dealkylation sites (N-methyl/N-ethyl adjacent to an activating group) is 1. The summed E-state index contributed by atoms with van der Waals surface area (Å²) < 4.78 is 4.96. The second-order valence-corrected chi connectivity index (χ2v) is 4.44. The van der Waals surface area contributed by atoms with Gasteiger partial charge in [0.1, 0.15) is 11.5 Å². The van der Waals surface area contributed by atoms with Crippen LogP contribution in [0, 0.1) is 6.92 Å². The van der Waals surface area contributed by atoms with E-state index in [1.54, 1.807) is 30.3 Å². The lowest BCUT2D eigenvalue weighted by Crippen LogP contribution is -2.28. The minimum absolute atomic E-state index is 0.0297. The highest BCUT2D eigenvalue weighted by atomic mass is 16.5. The SMILES string of the molecule is Cc1cc(CN(C)C(=O)Cc2ccc(N)cn2)no1. The molecule has 0 aliphatic heterocycles. The Morgan fingerprint density at radius 2 is 2.21 bits per heavy atom. The number of nitrogens with zero attached hydrogens (tertiary/aromatic N) is 3. The van der Waals surface area contributed by atoms with Crippen LogP contribution in [0.2, 0.25) is 0 Å². The van der Waals surface area contributed by atoms with Crippen LogP contribution < -0.4 is 5.73 Å². The number of anilines is 1. The van der Waals surface area contributed by atoms with Gasteiger partial charge in [0.15, 0.2) is 0 Å². The van der Waals surface area contributed by atoms with Gasteiger partial charge in [-0.15, -0.1) is 0 Å². The molecule has 0 aromatic carbocycles. The fraction of sp³-hybridized carbons (Fsp3) is 0.308. The van der Waals surface area contributed by atoms with E-state index in [9.17, 15) is 4.79 Å². The van der Waals surface area contributed by atoms with E-state index < -0.39 is 0 Å². The fourth-order valence-corrected chi connectivity index (χ4v) is 1.65. The van der Waals surface area contributed by atoms with Crippen molar-refractivity contribution in [2.75, 3.05) is 12.8 Å². The number of nitrogens with two attached hydrogens (primary N) is 1. The number of hydrogen-bond acceptors (Lipinski definition) is 5. The minimum atomic E-state index is -0.0297. The lowest BCUT2D eigenvalue weighted by atomic mass is 10.2. The molecule has 0 aliphatic carbocycles. The molecule has 0 saturated heterocycles. The number of carbonyl (C=O) groups is 1. The molecule has 1 amide bonds. The highest BCUT2D eigenvalue weighted by molar-refractivity contribution is 5.78. The topological polar surface area (TPSA) is 85.2 Å². The highest BCUT2D eigenvalue weighted by Crippen LogP contribution is 2.07. The molecule has 0 bridgehead atoms. The molecule has 19 heavy (non-hydrogen) atoms. The molecular formula is C13H16N4O2. The molecule has 2 heterocycles. The van der Waals surface area contributed by atoms with Crippen LogP contribution in [0.5, 0.6) is 0 Å². The van der Waals surface area contributed by atoms with Gasteiger partial charge in [0.2, 0.25) is 5.91 Å². The van der Waals surface area contributed by atoms with Crippen LogP contribution >= 0.6 is 0 Å². The van der Waals surface area contributed by atoms with Gasteiger partial charge in [-0.1, -0.05) is 5.16 Å². The zero-order chi connectivity index (χ0) is 13.8. The molecule has 6 heteroatoms. The molecule has 0 spiro atoms. The summed E-state index contributed by atoms with van der Waals surface area (Å²) >= 11 is 0. The zero-order valence-corrected chi connectivity index (χ0v) is 11.0. The fourth-order valence-electron chi connectivity index (χ4n) is 1.65. The van der Waals surface area contributed by atoms with Crippen LogP contribution in [-0.4, -0.2) is 28.0 Å². The molecule has 2 N–H and O–H groups in total. The van der Waals surface area contributed by atoms with Crippen molar-refractivity contribution < 1.29 is 9.32 Å². The Hall–Kier alpha value is -2.37. The molecule has 2 aromatic rings. The third-order valence-electron chi connectivity index (χ3n) is 2.68. The summed E-state index contributed by atoms with van der Waals surface area (Å²) in [7, 11) is 1.73. The summed E-state index contributed by atoms with van der Waals surface area (Å²) in [5.41, 5.74) is 7.56. The van der Waals surface area contributed by atoms with Gasteiger partial charge >= 0.3 is 0 Å². The number of carbonyl (C=O) groups excluding carboxylic acids is 1. The van der Waals surface area contributed by atoms with E-state index in [1.807, 2.05) is 13.0 Å². The lowest BCUT2D eigenvalue weighted by Gasteiger charge is -2.15. The standard InChI is InChI=1S/C13H16N4O2/c1-9-5-12(16-19-9)8-17(2)13(18)6-11-4-3-10(14)7-15-11/h3-5,7H,6,8,14H2,1-2H3. The molecule has 100 valence electrons. The maximum Gasteiger partial charge on any atom is 0.228 e. The van der Waals surface area contributed by atoms with Crippen molar-refractivity contribution in [2.24, 2.45) is 0 Å². The number of aromatic nitrogens is 2. The monoisotopic (exact) mass is 260 g/mol. The van der Waals surface area contributed by atoms with Crippen molar-refractivity contribution in [3.8, 4) is 0 Å². The van der Waals surface area contributed by atoms with E-state index in [1.165, 1.54) is 0 Å². The van der Waals surface area contributed by atoms with Gasteiger partial charge in [-0.3, -0.25) is 9.78 Å². The predicted octanol–water partition coefficient (Wildman–Crippen LogP) is 1.16. The van der Waals surface area contributed by atoms with E-state index in [0.29, 0.717) is 17.9 Å². The van der Waals surface area contributed by atoms with Gasteiger partial charge in [-0.05, 0) is 19.1 Å². The van der Waals surface area contributed by atoms with Crippen molar-refractivity contribution in [3.05, 3.63) is 41.5 Å². The van der Waals surface area contributed by atoms with Gasteiger partial charge in [-0.25, -0.2) is 0 Å². The second-order valence-electron chi connectivity index (χ2n) is 4.44. The van der Waals surface area contributed by atoms with Crippen molar-refractivity contribution >= 4 is 11.6 Å². The minimum Gasteiger partial charge on any atom is -0.397 e. The van der Waals surface area contributed by atoms with Crippen molar-refractivity contribution in [1.82, 2.24) is 15.0 Å². The molecule has 2 rings (SSSR count). The van der Waals surface area contributed by atoms with Gasteiger partial charge < -0.3 is 15.2 Å². The number of pyridine rings is 1. The Morgan fingerprint density at radius 1 is 1.42 bits per heavy atom. The van der Waals surface area contributed by atoms with Crippen LogP contribution in [0.3, 0.4) is 0 Å². The van der Waals surface area contributed by atoms with Gasteiger partial charge in [-0.2, -0.15) is 0 Å². The molecular weight excluding hydrogens is 244 g/mol. The van der Waals surface area contributed by atoms with Crippen molar-refractivity contribution in [2.45, 2.75) is 19.9 Å². The van der Waals surface area contributed by atoms with Crippen molar-refractivity contribution in [1.29, 1.82) is 0 Å². The van der Waals surface area contributed by atoms with Gasteiger partial charge in [0.05, 0.1) is 24.8 Å². The number of hydrogen-bond donors (Lipinski definition) is 1. The third-order valence-corrected chi connectivity index (χ3v) is 2.68. The van der Waals surface area contributed by atoms with E-state index in [0.717, 1.165) is 11.5 Å². The van der Waals surface area contributed by atoms with Crippen LogP contribution in [0.25, 0.3) is 0 Å². The quantitative estimate of drug-likeness (QED) is 0.891. The molecule has 6 nitrogen and oxygen atoms in total. The summed E-state index contributed by atoms with van der Waals surface area (Å²) in [5, 5.41) is 3.86. The van der Waals surface area contributed by atoms with Crippen LogP contribution in [0.1, 0.15) is 17.1 Å². The van der Waals surface area contributed by atoms with E-state index in [2.05, 4.69) is 10.1 Å². The Bertz CT molecular complexity index is 562. The van der Waals surface area contributed by atoms with Gasteiger partial charge in [0.25, 0.3) is 0 Å². The van der Waals surface area contributed by atoms with Crippen LogP contribution in [0.4, 0.5) is 5.69 Å². The first kappa shape index (κ1) is 13.1. The average Bonchev–Trinajstić information content (AvgIpc) is 2.77. The summed E-state index contributed by atoms with van der Waals surface area (Å²) in [4.78, 5) is 17.7. The van der Waals surface area contributed by atoms with E-state index in [-0.39, 0.29) is 12.3 Å². The highest BCUT2D eigenvalue weighted by Gasteiger charge is 2.12. The van der Waals surface area contributed by atoms with E-state index in [4.69, 9.17) is 10.3 Å². The predicted molar refractivity (Wildman–Crippen MR) is 70.1 cm³/mol. The number of rotatable bonds is 4. The third kappa shape index (κ3) is 3.54. The number of amides is 1. The zero-order valence-electron chi connectivity index (χ0n) is 11.0. The first-order chi connectivity index (χ1) is 9.04. The van der Waals surface area contributed by atoms with E-state index >= 15 is 0 Å². The smallest absolute Gasteiger partial charge is 0.228 e. The summed E-state index contributed by atoms with van der Waals surface area (Å²) in [6.07, 6.45) is 1.79. The maximum atomic E-state index is 12.0. The molecule has 0 radical (unpaired) electrons. The Balaban J connectivity index is 1.94. The number of nitrogen functional groups attached to an aromatic ring is 1. The van der Waals surface area contributed by atoms with Gasteiger partial charge in [0, 0.05) is 18.8 Å². The Morgan fingerprint density at radius 3 is 2.79 bits per heavy atom. The van der Waals surface area contributed by atoms with Crippen molar-refractivity contribution in [3.63, 3.8) is 0 Å². The lowest BCUT2D eigenvalue weighted by molar-refractivity contribution is -0.129. The molecule has 0 aliphatic rings. The molecule has 0 saturated carbocycles. The maximum absolute atomic E-state index is 12.0. The molecule has 0 atom stereocenters. The first-order valence-corrected chi connectivity index (χ1v) is 5.91. The second kappa shape index (κ2) is 5.51. The molecule has 2 aromatic heterocycles.